The first-order chi connectivity index (χ1) is 9.99. The Morgan fingerprint density at radius 1 is 1.33 bits per heavy atom. The molecule has 1 aromatic rings. The fourth-order valence-electron chi connectivity index (χ4n) is 2.83. The predicted molar refractivity (Wildman–Crippen MR) is 79.3 cm³/mol. The Hall–Kier alpha value is -1.39. The first-order valence-electron chi connectivity index (χ1n) is 7.18. The van der Waals surface area contributed by atoms with Crippen molar-refractivity contribution in [2.75, 3.05) is 6.61 Å². The maximum Gasteiger partial charge on any atom is 0.312 e. The van der Waals surface area contributed by atoms with Gasteiger partial charge in [-0.3, -0.25) is 9.59 Å². The summed E-state index contributed by atoms with van der Waals surface area (Å²) in [5.41, 5.74) is -1.32. The van der Waals surface area contributed by atoms with E-state index in [2.05, 4.69) is 0 Å². The quantitative estimate of drug-likeness (QED) is 0.686. The van der Waals surface area contributed by atoms with Gasteiger partial charge in [-0.05, 0) is 44.0 Å². The van der Waals surface area contributed by atoms with E-state index in [0.29, 0.717) is 23.4 Å². The summed E-state index contributed by atoms with van der Waals surface area (Å²) in [7, 11) is 0. The number of hydrogen-bond donors (Lipinski definition) is 1. The van der Waals surface area contributed by atoms with E-state index in [1.165, 1.54) is 0 Å². The van der Waals surface area contributed by atoms with E-state index in [1.807, 2.05) is 0 Å². The van der Waals surface area contributed by atoms with Gasteiger partial charge in [0.2, 0.25) is 0 Å². The van der Waals surface area contributed by atoms with Crippen LogP contribution in [0.1, 0.15) is 43.0 Å². The molecule has 1 fully saturated rings. The lowest BCUT2D eigenvalue weighted by molar-refractivity contribution is -0.158. The second-order valence-electron chi connectivity index (χ2n) is 5.31. The third-order valence-electron chi connectivity index (χ3n) is 3.95. The molecular formula is C16H19ClO4. The number of benzene rings is 1. The molecular weight excluding hydrogens is 292 g/mol. The number of esters is 1. The number of carbonyl (C=O) groups excluding carboxylic acids is 2. The Labute approximate surface area is 129 Å². The molecule has 5 heteroatoms. The number of carbonyl (C=O) groups is 2. The van der Waals surface area contributed by atoms with Crippen molar-refractivity contribution >= 4 is 23.4 Å². The van der Waals surface area contributed by atoms with Gasteiger partial charge in [0.25, 0.3) is 0 Å². The molecule has 2 atom stereocenters. The third-order valence-corrected chi connectivity index (χ3v) is 4.20. The van der Waals surface area contributed by atoms with Gasteiger partial charge in [-0.15, -0.1) is 0 Å². The van der Waals surface area contributed by atoms with Gasteiger partial charge in [0, 0.05) is 10.6 Å². The second-order valence-corrected chi connectivity index (χ2v) is 5.75. The Bertz CT molecular complexity index is 526. The molecule has 0 amide bonds. The van der Waals surface area contributed by atoms with Gasteiger partial charge in [0.15, 0.2) is 5.78 Å². The van der Waals surface area contributed by atoms with Crippen LogP contribution in [0.5, 0.6) is 0 Å². The van der Waals surface area contributed by atoms with Crippen molar-refractivity contribution in [2.45, 2.75) is 38.2 Å². The topological polar surface area (TPSA) is 63.6 Å². The zero-order chi connectivity index (χ0) is 15.5. The summed E-state index contributed by atoms with van der Waals surface area (Å²) in [5, 5.41) is 11.4. The minimum Gasteiger partial charge on any atom is -0.466 e. The minimum absolute atomic E-state index is 0.237. The highest BCUT2D eigenvalue weighted by Crippen LogP contribution is 2.37. The van der Waals surface area contributed by atoms with Gasteiger partial charge < -0.3 is 9.84 Å². The minimum atomic E-state index is -1.68. The third kappa shape index (κ3) is 3.27. The first kappa shape index (κ1) is 16.0. The molecule has 114 valence electrons. The first-order valence-corrected chi connectivity index (χ1v) is 7.56. The van der Waals surface area contributed by atoms with Crippen LogP contribution in [0, 0.1) is 5.92 Å². The highest BCUT2D eigenvalue weighted by atomic mass is 35.5. The van der Waals surface area contributed by atoms with Gasteiger partial charge in [-0.1, -0.05) is 24.4 Å². The van der Waals surface area contributed by atoms with E-state index >= 15 is 0 Å². The molecule has 0 aromatic heterocycles. The van der Waals surface area contributed by atoms with Crippen molar-refractivity contribution in [3.63, 3.8) is 0 Å². The molecule has 21 heavy (non-hydrogen) atoms. The van der Waals surface area contributed by atoms with Crippen molar-refractivity contribution < 1.29 is 19.4 Å². The Morgan fingerprint density at radius 3 is 2.62 bits per heavy atom. The van der Waals surface area contributed by atoms with Crippen molar-refractivity contribution in [3.8, 4) is 0 Å². The number of aliphatic hydroxyl groups is 1. The standard InChI is InChI=1S/C16H19ClO4/c1-2-21-15(19)13-5-3-4-10-16(13,20)14(18)11-6-8-12(17)9-7-11/h6-9,13,20H,2-5,10H2,1H3. The maximum atomic E-state index is 12.7. The van der Waals surface area contributed by atoms with E-state index in [1.54, 1.807) is 31.2 Å². The molecule has 1 N–H and O–H groups in total. The van der Waals surface area contributed by atoms with Gasteiger partial charge >= 0.3 is 5.97 Å². The van der Waals surface area contributed by atoms with E-state index in [4.69, 9.17) is 16.3 Å². The normalized spacial score (nSPS) is 25.4. The van der Waals surface area contributed by atoms with Gasteiger partial charge in [-0.25, -0.2) is 0 Å². The lowest BCUT2D eigenvalue weighted by Gasteiger charge is -2.37. The van der Waals surface area contributed by atoms with E-state index in [0.717, 1.165) is 6.42 Å². The highest BCUT2D eigenvalue weighted by molar-refractivity contribution is 6.30. The predicted octanol–water partition coefficient (Wildman–Crippen LogP) is 3.01. The summed E-state index contributed by atoms with van der Waals surface area (Å²) in [6, 6.07) is 6.33. The number of Topliss-reactive ketones (excluding diaryl/α,β-unsaturated/α-hetero) is 1. The van der Waals surface area contributed by atoms with Gasteiger partial charge in [-0.2, -0.15) is 0 Å². The number of rotatable bonds is 4. The number of hydrogen-bond acceptors (Lipinski definition) is 4. The van der Waals surface area contributed by atoms with Crippen LogP contribution in [0.3, 0.4) is 0 Å². The number of ether oxygens (including phenoxy) is 1. The molecule has 0 aliphatic heterocycles. The Morgan fingerprint density at radius 2 is 2.00 bits per heavy atom. The molecule has 0 bridgehead atoms. The SMILES string of the molecule is CCOC(=O)C1CCCCC1(O)C(=O)c1ccc(Cl)cc1. The van der Waals surface area contributed by atoms with Gasteiger partial charge in [0.05, 0.1) is 12.5 Å². The zero-order valence-electron chi connectivity index (χ0n) is 12.0. The van der Waals surface area contributed by atoms with Crippen molar-refractivity contribution in [2.24, 2.45) is 5.92 Å². The molecule has 1 aliphatic carbocycles. The monoisotopic (exact) mass is 310 g/mol. The average Bonchev–Trinajstić information content (AvgIpc) is 2.48. The summed E-state index contributed by atoms with van der Waals surface area (Å²) in [6.45, 7) is 1.95. The maximum absolute atomic E-state index is 12.7. The van der Waals surface area contributed by atoms with E-state index in [9.17, 15) is 14.7 Å². The molecule has 0 heterocycles. The van der Waals surface area contributed by atoms with Crippen molar-refractivity contribution in [3.05, 3.63) is 34.9 Å². The molecule has 0 spiro atoms. The molecule has 1 aliphatic rings. The van der Waals surface area contributed by atoms with Crippen LogP contribution < -0.4 is 0 Å². The summed E-state index contributed by atoms with van der Waals surface area (Å²) in [6.07, 6.45) is 2.26. The summed E-state index contributed by atoms with van der Waals surface area (Å²) >= 11 is 5.81. The van der Waals surface area contributed by atoms with Crippen LogP contribution >= 0.6 is 11.6 Å². The summed E-state index contributed by atoms with van der Waals surface area (Å²) in [5.74, 6) is -1.73. The second kappa shape index (κ2) is 6.58. The lowest BCUT2D eigenvalue weighted by atomic mass is 9.71. The van der Waals surface area contributed by atoms with Crippen LogP contribution in [0.2, 0.25) is 5.02 Å². The van der Waals surface area contributed by atoms with Crippen LogP contribution in [0.15, 0.2) is 24.3 Å². The zero-order valence-corrected chi connectivity index (χ0v) is 12.7. The van der Waals surface area contributed by atoms with Crippen LogP contribution in [0.4, 0.5) is 0 Å². The Kier molecular flexibility index (Phi) is 5.01. The molecule has 1 saturated carbocycles. The van der Waals surface area contributed by atoms with E-state index < -0.39 is 23.3 Å². The van der Waals surface area contributed by atoms with Crippen LogP contribution in [-0.4, -0.2) is 29.1 Å². The summed E-state index contributed by atoms with van der Waals surface area (Å²) in [4.78, 5) is 24.7. The average molecular weight is 311 g/mol. The van der Waals surface area contributed by atoms with Crippen LogP contribution in [0.25, 0.3) is 0 Å². The van der Waals surface area contributed by atoms with E-state index in [-0.39, 0.29) is 13.0 Å². The molecule has 4 nitrogen and oxygen atoms in total. The lowest BCUT2D eigenvalue weighted by Crippen LogP contribution is -2.51. The summed E-state index contributed by atoms with van der Waals surface area (Å²) < 4.78 is 5.01. The highest BCUT2D eigenvalue weighted by Gasteiger charge is 2.49. The van der Waals surface area contributed by atoms with Crippen LogP contribution in [-0.2, 0) is 9.53 Å². The van der Waals surface area contributed by atoms with Gasteiger partial charge in [0.1, 0.15) is 5.60 Å². The number of ketones is 1. The van der Waals surface area contributed by atoms with Crippen molar-refractivity contribution in [1.29, 1.82) is 0 Å². The molecule has 2 unspecified atom stereocenters. The number of halogens is 1. The fourth-order valence-corrected chi connectivity index (χ4v) is 2.96. The fraction of sp³-hybridized carbons (Fsp3) is 0.500. The molecule has 1 aromatic carbocycles. The van der Waals surface area contributed by atoms with Crippen molar-refractivity contribution in [1.82, 2.24) is 0 Å². The molecule has 0 radical (unpaired) electrons. The smallest absolute Gasteiger partial charge is 0.312 e. The molecule has 0 saturated heterocycles. The largest absolute Gasteiger partial charge is 0.466 e. The molecule has 2 rings (SSSR count). The Balaban J connectivity index is 2.29.